The highest BCUT2D eigenvalue weighted by Crippen LogP contribution is 2.34. The topological polar surface area (TPSA) is 26.0 Å². The van der Waals surface area contributed by atoms with Crippen LogP contribution in [0.4, 0.5) is 0 Å². The molecule has 0 amide bonds. The summed E-state index contributed by atoms with van der Waals surface area (Å²) in [6.07, 6.45) is 0. The molecule has 0 saturated heterocycles. The van der Waals surface area contributed by atoms with Crippen molar-refractivity contribution in [2.45, 2.75) is 24.9 Å². The van der Waals surface area contributed by atoms with E-state index in [2.05, 4.69) is 50.2 Å². The van der Waals surface area contributed by atoms with Gasteiger partial charge in [0.25, 0.3) is 0 Å². The fraction of sp³-hybridized carbons (Fsp3) is 0.333. The molecule has 2 N–H and O–H groups in total. The normalized spacial score (nSPS) is 12.6. The summed E-state index contributed by atoms with van der Waals surface area (Å²) in [5.74, 6) is 1.03. The minimum Gasteiger partial charge on any atom is -0.329 e. The van der Waals surface area contributed by atoms with Crippen LogP contribution in [0.2, 0.25) is 0 Å². The molecule has 1 unspecified atom stereocenters. The lowest BCUT2D eigenvalue weighted by Crippen LogP contribution is -2.08. The molecule has 1 nitrogen and oxygen atoms in total. The number of thiophene rings is 1. The summed E-state index contributed by atoms with van der Waals surface area (Å²) in [6.45, 7) is 4.99. The second-order valence-electron chi connectivity index (χ2n) is 4.47. The maximum atomic E-state index is 5.89. The fourth-order valence-electron chi connectivity index (χ4n) is 1.89. The predicted octanol–water partition coefficient (Wildman–Crippen LogP) is 4.30. The molecule has 1 aromatic carbocycles. The standard InChI is InChI=1S/C15H19NS2/c1-11-4-3-5-13(8-11)10-17-15(9-16)14-7-6-12(2)18-14/h3-8,15H,9-10,16H2,1-2H3. The minimum atomic E-state index is 0.421. The van der Waals surface area contributed by atoms with Crippen LogP contribution in [-0.4, -0.2) is 6.54 Å². The third-order valence-corrected chi connectivity index (χ3v) is 5.44. The molecule has 0 fully saturated rings. The number of nitrogens with two attached hydrogens (primary N) is 1. The maximum absolute atomic E-state index is 5.89. The van der Waals surface area contributed by atoms with E-state index < -0.39 is 0 Å². The monoisotopic (exact) mass is 277 g/mol. The third kappa shape index (κ3) is 3.61. The van der Waals surface area contributed by atoms with Gasteiger partial charge in [0.2, 0.25) is 0 Å². The van der Waals surface area contributed by atoms with Gasteiger partial charge in [-0.3, -0.25) is 0 Å². The van der Waals surface area contributed by atoms with Gasteiger partial charge >= 0.3 is 0 Å². The number of thioether (sulfide) groups is 1. The summed E-state index contributed by atoms with van der Waals surface area (Å²) >= 11 is 3.79. The number of rotatable bonds is 5. The summed E-state index contributed by atoms with van der Waals surface area (Å²) in [5.41, 5.74) is 8.60. The van der Waals surface area contributed by atoms with E-state index in [-0.39, 0.29) is 0 Å². The first kappa shape index (κ1) is 13.7. The molecule has 2 aromatic rings. The first-order valence-corrected chi connectivity index (χ1v) is 7.99. The second-order valence-corrected chi connectivity index (χ2v) is 6.98. The van der Waals surface area contributed by atoms with Crippen LogP contribution in [0.15, 0.2) is 36.4 Å². The SMILES string of the molecule is Cc1cccc(CSC(CN)c2ccc(C)s2)c1. The quantitative estimate of drug-likeness (QED) is 0.882. The number of hydrogen-bond acceptors (Lipinski definition) is 3. The molecule has 0 bridgehead atoms. The van der Waals surface area contributed by atoms with E-state index in [4.69, 9.17) is 5.73 Å². The molecule has 2 rings (SSSR count). The molecule has 0 radical (unpaired) electrons. The Balaban J connectivity index is 1.99. The molecule has 1 atom stereocenters. The zero-order valence-electron chi connectivity index (χ0n) is 10.8. The fourth-order valence-corrected chi connectivity index (χ4v) is 4.06. The highest BCUT2D eigenvalue weighted by atomic mass is 32.2. The van der Waals surface area contributed by atoms with Gasteiger partial charge in [-0.05, 0) is 31.5 Å². The second kappa shape index (κ2) is 6.41. The Labute approximate surface area is 117 Å². The lowest BCUT2D eigenvalue weighted by Gasteiger charge is -2.12. The first-order chi connectivity index (χ1) is 8.69. The molecular formula is C15H19NS2. The Kier molecular flexibility index (Phi) is 4.87. The van der Waals surface area contributed by atoms with Crippen molar-refractivity contribution >= 4 is 23.1 Å². The number of aryl methyl sites for hydroxylation is 2. The number of hydrogen-bond donors (Lipinski definition) is 1. The summed E-state index contributed by atoms with van der Waals surface area (Å²) in [5, 5.41) is 0.421. The van der Waals surface area contributed by atoms with E-state index in [9.17, 15) is 0 Å². The first-order valence-electron chi connectivity index (χ1n) is 6.12. The highest BCUT2D eigenvalue weighted by Gasteiger charge is 2.12. The van der Waals surface area contributed by atoms with E-state index in [0.717, 1.165) is 5.75 Å². The molecule has 1 heterocycles. The molecular weight excluding hydrogens is 258 g/mol. The molecule has 3 heteroatoms. The highest BCUT2D eigenvalue weighted by molar-refractivity contribution is 7.98. The molecule has 1 aromatic heterocycles. The van der Waals surface area contributed by atoms with Crippen molar-refractivity contribution in [3.63, 3.8) is 0 Å². The summed E-state index contributed by atoms with van der Waals surface area (Å²) < 4.78 is 0. The summed E-state index contributed by atoms with van der Waals surface area (Å²) in [4.78, 5) is 2.76. The Morgan fingerprint density at radius 1 is 1.22 bits per heavy atom. The average Bonchev–Trinajstić information content (AvgIpc) is 2.77. The minimum absolute atomic E-state index is 0.421. The van der Waals surface area contributed by atoms with Gasteiger partial charge in [-0.1, -0.05) is 29.8 Å². The van der Waals surface area contributed by atoms with Gasteiger partial charge in [-0.25, -0.2) is 0 Å². The van der Waals surface area contributed by atoms with Gasteiger partial charge in [0.1, 0.15) is 0 Å². The van der Waals surface area contributed by atoms with Gasteiger partial charge in [0.15, 0.2) is 0 Å². The Bertz CT molecular complexity index is 505. The molecule has 96 valence electrons. The Morgan fingerprint density at radius 3 is 2.67 bits per heavy atom. The van der Waals surface area contributed by atoms with E-state index >= 15 is 0 Å². The van der Waals surface area contributed by atoms with Gasteiger partial charge in [-0.15, -0.1) is 23.1 Å². The molecule has 0 aliphatic rings. The van der Waals surface area contributed by atoms with Crippen LogP contribution in [0, 0.1) is 13.8 Å². The van der Waals surface area contributed by atoms with Crippen LogP contribution < -0.4 is 5.73 Å². The zero-order chi connectivity index (χ0) is 13.0. The van der Waals surface area contributed by atoms with Crippen molar-refractivity contribution in [2.75, 3.05) is 6.54 Å². The third-order valence-electron chi connectivity index (χ3n) is 2.83. The van der Waals surface area contributed by atoms with Crippen LogP contribution in [0.25, 0.3) is 0 Å². The largest absolute Gasteiger partial charge is 0.329 e. The maximum Gasteiger partial charge on any atom is 0.0516 e. The molecule has 0 spiro atoms. The van der Waals surface area contributed by atoms with E-state index in [1.54, 1.807) is 0 Å². The summed E-state index contributed by atoms with van der Waals surface area (Å²) in [7, 11) is 0. The Hall–Kier alpha value is -0.770. The van der Waals surface area contributed by atoms with Crippen LogP contribution in [-0.2, 0) is 5.75 Å². The van der Waals surface area contributed by atoms with Crippen LogP contribution in [0.1, 0.15) is 26.1 Å². The van der Waals surface area contributed by atoms with Gasteiger partial charge < -0.3 is 5.73 Å². The van der Waals surface area contributed by atoms with E-state index in [1.807, 2.05) is 23.1 Å². The van der Waals surface area contributed by atoms with Crippen molar-refractivity contribution in [3.8, 4) is 0 Å². The lowest BCUT2D eigenvalue weighted by molar-refractivity contribution is 0.959. The van der Waals surface area contributed by atoms with Gasteiger partial charge in [0.05, 0.1) is 5.25 Å². The van der Waals surface area contributed by atoms with Crippen LogP contribution in [0.5, 0.6) is 0 Å². The van der Waals surface area contributed by atoms with Crippen molar-refractivity contribution in [1.82, 2.24) is 0 Å². The van der Waals surface area contributed by atoms with Crippen LogP contribution in [0.3, 0.4) is 0 Å². The van der Waals surface area contributed by atoms with Crippen LogP contribution >= 0.6 is 23.1 Å². The Morgan fingerprint density at radius 2 is 2.06 bits per heavy atom. The van der Waals surface area contributed by atoms with E-state index in [1.165, 1.54) is 20.9 Å². The molecule has 0 aliphatic carbocycles. The van der Waals surface area contributed by atoms with Crippen molar-refractivity contribution in [2.24, 2.45) is 5.73 Å². The molecule has 18 heavy (non-hydrogen) atoms. The van der Waals surface area contributed by atoms with Crippen molar-refractivity contribution in [3.05, 3.63) is 57.3 Å². The number of benzene rings is 1. The van der Waals surface area contributed by atoms with Crippen molar-refractivity contribution in [1.29, 1.82) is 0 Å². The van der Waals surface area contributed by atoms with E-state index in [0.29, 0.717) is 11.8 Å². The van der Waals surface area contributed by atoms with Crippen molar-refractivity contribution < 1.29 is 0 Å². The van der Waals surface area contributed by atoms with Gasteiger partial charge in [-0.2, -0.15) is 0 Å². The van der Waals surface area contributed by atoms with Gasteiger partial charge in [0, 0.05) is 22.1 Å². The zero-order valence-corrected chi connectivity index (χ0v) is 12.5. The predicted molar refractivity (Wildman–Crippen MR) is 83.3 cm³/mol. The molecule has 0 saturated carbocycles. The smallest absolute Gasteiger partial charge is 0.0516 e. The average molecular weight is 277 g/mol. The molecule has 0 aliphatic heterocycles. The lowest BCUT2D eigenvalue weighted by atomic mass is 10.2. The summed E-state index contributed by atoms with van der Waals surface area (Å²) in [6, 6.07) is 13.1.